The number of halogens is 1. The lowest BCUT2D eigenvalue weighted by Gasteiger charge is -2.51. The maximum Gasteiger partial charge on any atom is 0.260 e. The summed E-state index contributed by atoms with van der Waals surface area (Å²) in [5.74, 6) is 0.789. The molecule has 186 valence electrons. The third kappa shape index (κ3) is 4.21. The van der Waals surface area contributed by atoms with E-state index in [2.05, 4.69) is 34.1 Å². The number of sulfonamides is 1. The predicted octanol–water partition coefficient (Wildman–Crippen LogP) is 4.40. The molecule has 6 nitrogen and oxygen atoms in total. The van der Waals surface area contributed by atoms with Crippen molar-refractivity contribution in [2.45, 2.75) is 50.6 Å². The molecule has 2 aliphatic heterocycles. The van der Waals surface area contributed by atoms with Gasteiger partial charge >= 0.3 is 0 Å². The molecular weight excluding hydrogens is 463 g/mol. The van der Waals surface area contributed by atoms with Crippen molar-refractivity contribution < 1.29 is 12.8 Å². The highest BCUT2D eigenvalue weighted by atomic mass is 32.2. The minimum atomic E-state index is -3.62. The number of fused-ring (bicyclic) bond motifs is 1. The van der Waals surface area contributed by atoms with E-state index in [9.17, 15) is 12.8 Å². The molecular formula is C27H33FN4O2S. The smallest absolute Gasteiger partial charge is 0.260 e. The van der Waals surface area contributed by atoms with Crippen LogP contribution in [0.1, 0.15) is 41.3 Å². The second-order valence-electron chi connectivity index (χ2n) is 9.91. The summed E-state index contributed by atoms with van der Waals surface area (Å²) < 4.78 is 44.2. The first-order chi connectivity index (χ1) is 16.7. The minimum absolute atomic E-state index is 0.153. The van der Waals surface area contributed by atoms with E-state index in [0.717, 1.165) is 42.6 Å². The largest absolute Gasteiger partial charge is 0.321 e. The molecule has 0 amide bonds. The monoisotopic (exact) mass is 496 g/mol. The van der Waals surface area contributed by atoms with Crippen LogP contribution in [-0.4, -0.2) is 59.4 Å². The van der Waals surface area contributed by atoms with Gasteiger partial charge in [-0.15, -0.1) is 0 Å². The number of hydrogen-bond acceptors (Lipinski definition) is 4. The molecule has 0 unspecified atom stereocenters. The van der Waals surface area contributed by atoms with E-state index in [1.54, 1.807) is 15.9 Å². The Labute approximate surface area is 207 Å². The van der Waals surface area contributed by atoms with Gasteiger partial charge in [0.25, 0.3) is 10.0 Å². The number of aromatic nitrogens is 2. The van der Waals surface area contributed by atoms with Crippen LogP contribution >= 0.6 is 0 Å². The van der Waals surface area contributed by atoms with E-state index in [1.807, 2.05) is 26.8 Å². The Kier molecular flexibility index (Phi) is 6.32. The van der Waals surface area contributed by atoms with Gasteiger partial charge in [-0.1, -0.05) is 30.3 Å². The Morgan fingerprint density at radius 1 is 0.943 bits per heavy atom. The average Bonchev–Trinajstić information content (AvgIpc) is 3.16. The standard InChI is InChI=1S/C27H33FN4O2S/c1-18-19(2)25(28)12-11-23(18)21-7-9-22(10-8-21)24-16-31-13-5-6-14-32(17-26(24)31)35(33,34)27-15-29-20(3)30(27)4/h7-12,15,24,26H,5-6,13-14,16-17H2,1-4H3/t24-,26-/m0/s1. The van der Waals surface area contributed by atoms with Crippen LogP contribution < -0.4 is 0 Å². The molecule has 1 aromatic heterocycles. The first kappa shape index (κ1) is 24.2. The molecule has 35 heavy (non-hydrogen) atoms. The molecule has 2 saturated heterocycles. The van der Waals surface area contributed by atoms with Gasteiger partial charge in [0, 0.05) is 38.6 Å². The van der Waals surface area contributed by atoms with Gasteiger partial charge in [-0.25, -0.2) is 17.8 Å². The van der Waals surface area contributed by atoms with Gasteiger partial charge in [0.15, 0.2) is 5.03 Å². The third-order valence-electron chi connectivity index (χ3n) is 8.01. The van der Waals surface area contributed by atoms with E-state index in [4.69, 9.17) is 0 Å². The maximum atomic E-state index is 13.9. The van der Waals surface area contributed by atoms with Gasteiger partial charge in [-0.05, 0) is 74.0 Å². The average molecular weight is 497 g/mol. The van der Waals surface area contributed by atoms with Crippen LogP contribution in [0.3, 0.4) is 0 Å². The van der Waals surface area contributed by atoms with Crippen molar-refractivity contribution in [3.05, 3.63) is 70.9 Å². The zero-order chi connectivity index (χ0) is 24.9. The first-order valence-electron chi connectivity index (χ1n) is 12.3. The topological polar surface area (TPSA) is 58.4 Å². The van der Waals surface area contributed by atoms with Crippen LogP contribution in [0.5, 0.6) is 0 Å². The fourth-order valence-corrected chi connectivity index (χ4v) is 7.09. The molecule has 2 aromatic carbocycles. The lowest BCUT2D eigenvalue weighted by molar-refractivity contribution is 0.0347. The molecule has 0 N–H and O–H groups in total. The number of imidazole rings is 1. The number of rotatable bonds is 4. The van der Waals surface area contributed by atoms with Crippen LogP contribution in [-0.2, 0) is 17.1 Å². The molecule has 8 heteroatoms. The normalized spacial score (nSPS) is 21.7. The molecule has 0 bridgehead atoms. The lowest BCUT2D eigenvalue weighted by Crippen LogP contribution is -2.60. The van der Waals surface area contributed by atoms with Gasteiger partial charge in [0.1, 0.15) is 11.6 Å². The molecule has 3 aromatic rings. The number of hydrogen-bond donors (Lipinski definition) is 0. The van der Waals surface area contributed by atoms with Crippen molar-refractivity contribution in [1.82, 2.24) is 18.8 Å². The van der Waals surface area contributed by atoms with E-state index in [0.29, 0.717) is 24.5 Å². The predicted molar refractivity (Wildman–Crippen MR) is 135 cm³/mol. The zero-order valence-electron chi connectivity index (χ0n) is 20.8. The van der Waals surface area contributed by atoms with Gasteiger partial charge in [0.2, 0.25) is 0 Å². The Morgan fingerprint density at radius 2 is 1.66 bits per heavy atom. The Bertz CT molecular complexity index is 1350. The van der Waals surface area contributed by atoms with Crippen molar-refractivity contribution >= 4 is 10.0 Å². The van der Waals surface area contributed by atoms with Gasteiger partial charge in [-0.2, -0.15) is 4.31 Å². The summed E-state index contributed by atoms with van der Waals surface area (Å²) in [6, 6.07) is 12.0. The number of aryl methyl sites for hydroxylation is 1. The van der Waals surface area contributed by atoms with Gasteiger partial charge in [0.05, 0.1) is 6.20 Å². The van der Waals surface area contributed by atoms with Gasteiger partial charge < -0.3 is 4.57 Å². The summed E-state index contributed by atoms with van der Waals surface area (Å²) in [4.78, 5) is 6.62. The Balaban J connectivity index is 1.39. The quantitative estimate of drug-likeness (QED) is 0.537. The molecule has 0 spiro atoms. The van der Waals surface area contributed by atoms with Crippen molar-refractivity contribution in [3.63, 3.8) is 0 Å². The molecule has 0 saturated carbocycles. The van der Waals surface area contributed by atoms with Crippen molar-refractivity contribution in [3.8, 4) is 11.1 Å². The number of nitrogens with zero attached hydrogens (tertiary/aromatic N) is 4. The molecule has 2 aliphatic rings. The molecule has 5 rings (SSSR count). The van der Waals surface area contributed by atoms with Crippen molar-refractivity contribution in [2.75, 3.05) is 26.2 Å². The van der Waals surface area contributed by atoms with Crippen LogP contribution in [0.4, 0.5) is 4.39 Å². The molecule has 0 radical (unpaired) electrons. The second kappa shape index (κ2) is 9.15. The van der Waals surface area contributed by atoms with E-state index >= 15 is 0 Å². The van der Waals surface area contributed by atoms with Crippen LogP contribution in [0.15, 0.2) is 47.6 Å². The minimum Gasteiger partial charge on any atom is -0.321 e. The van der Waals surface area contributed by atoms with Crippen LogP contribution in [0.2, 0.25) is 0 Å². The molecule has 2 fully saturated rings. The van der Waals surface area contributed by atoms with E-state index < -0.39 is 10.0 Å². The summed E-state index contributed by atoms with van der Waals surface area (Å²) in [5, 5.41) is 0.257. The summed E-state index contributed by atoms with van der Waals surface area (Å²) in [6.07, 6.45) is 3.31. The first-order valence-corrected chi connectivity index (χ1v) is 13.7. The second-order valence-corrected chi connectivity index (χ2v) is 11.8. The Morgan fingerprint density at radius 3 is 2.34 bits per heavy atom. The van der Waals surface area contributed by atoms with E-state index in [1.165, 1.54) is 17.8 Å². The van der Waals surface area contributed by atoms with Crippen molar-refractivity contribution in [1.29, 1.82) is 0 Å². The summed E-state index contributed by atoms with van der Waals surface area (Å²) >= 11 is 0. The molecule has 0 aliphatic carbocycles. The number of benzene rings is 2. The fraction of sp³-hybridized carbons (Fsp3) is 0.444. The Hall–Kier alpha value is -2.55. The molecule has 3 heterocycles. The third-order valence-corrected chi connectivity index (χ3v) is 9.93. The van der Waals surface area contributed by atoms with Crippen LogP contribution in [0, 0.1) is 26.6 Å². The SMILES string of the molecule is Cc1c(F)ccc(-c2ccc([C@@H]3CN4CCCCN(S(=O)(=O)c5cnc(C)n5C)C[C@@H]34)cc2)c1C. The lowest BCUT2D eigenvalue weighted by atomic mass is 9.81. The van der Waals surface area contributed by atoms with Crippen molar-refractivity contribution in [2.24, 2.45) is 7.05 Å². The van der Waals surface area contributed by atoms with Gasteiger partial charge in [-0.3, -0.25) is 4.90 Å². The summed E-state index contributed by atoms with van der Waals surface area (Å²) in [5.41, 5.74) is 4.97. The van der Waals surface area contributed by atoms with E-state index in [-0.39, 0.29) is 22.8 Å². The highest BCUT2D eigenvalue weighted by Gasteiger charge is 2.43. The maximum absolute atomic E-state index is 13.9. The summed E-state index contributed by atoms with van der Waals surface area (Å²) in [6.45, 7) is 8.55. The highest BCUT2D eigenvalue weighted by molar-refractivity contribution is 7.89. The fourth-order valence-electron chi connectivity index (χ4n) is 5.44. The zero-order valence-corrected chi connectivity index (χ0v) is 21.6. The highest BCUT2D eigenvalue weighted by Crippen LogP contribution is 2.38. The summed E-state index contributed by atoms with van der Waals surface area (Å²) in [7, 11) is -1.86. The molecule has 2 atom stereocenters. The van der Waals surface area contributed by atoms with Crippen LogP contribution in [0.25, 0.3) is 11.1 Å².